The van der Waals surface area contributed by atoms with Crippen molar-refractivity contribution in [1.82, 2.24) is 9.03 Å². The summed E-state index contributed by atoms with van der Waals surface area (Å²) in [5.74, 6) is 0. The van der Waals surface area contributed by atoms with Crippen LogP contribution in [0, 0.1) is 0 Å². The molecule has 0 amide bonds. The molecule has 8 heteroatoms. The summed E-state index contributed by atoms with van der Waals surface area (Å²) in [4.78, 5) is 0.0949. The molecule has 0 bridgehead atoms. The third-order valence-electron chi connectivity index (χ3n) is 3.77. The summed E-state index contributed by atoms with van der Waals surface area (Å²) in [6.45, 7) is 7.56. The molecule has 0 aliphatic carbocycles. The molecule has 2 aromatic carbocycles. The van der Waals surface area contributed by atoms with Gasteiger partial charge in [-0.3, -0.25) is 0 Å². The molecule has 0 spiro atoms. The van der Waals surface area contributed by atoms with Gasteiger partial charge < -0.3 is 0 Å². The third kappa shape index (κ3) is 5.62. The smallest absolute Gasteiger partial charge is 0.207 e. The van der Waals surface area contributed by atoms with E-state index in [1.54, 1.807) is 27.7 Å². The molecular formula is C19H26N2O4S2. The number of nitrogens with zero attached hydrogens (tertiary/aromatic N) is 1. The highest BCUT2D eigenvalue weighted by atomic mass is 32.2. The van der Waals surface area contributed by atoms with Crippen LogP contribution in [0.3, 0.4) is 0 Å². The molecule has 0 fully saturated rings. The number of rotatable bonds is 7. The predicted molar refractivity (Wildman–Crippen MR) is 106 cm³/mol. The second-order valence-corrected chi connectivity index (χ2v) is 10.9. The maximum atomic E-state index is 12.9. The van der Waals surface area contributed by atoms with Gasteiger partial charge >= 0.3 is 0 Å². The Bertz CT molecular complexity index is 963. The molecule has 0 aromatic heterocycles. The minimum absolute atomic E-state index is 0.0301. The predicted octanol–water partition coefficient (Wildman–Crippen LogP) is 2.97. The van der Waals surface area contributed by atoms with Gasteiger partial charge in [-0.1, -0.05) is 37.3 Å². The van der Waals surface area contributed by atoms with Crippen LogP contribution in [-0.4, -0.2) is 33.2 Å². The van der Waals surface area contributed by atoms with E-state index >= 15 is 0 Å². The van der Waals surface area contributed by atoms with Crippen molar-refractivity contribution < 1.29 is 16.8 Å². The van der Waals surface area contributed by atoms with Crippen molar-refractivity contribution in [1.29, 1.82) is 0 Å². The minimum Gasteiger partial charge on any atom is -0.207 e. The number of benzene rings is 2. The highest BCUT2D eigenvalue weighted by Gasteiger charge is 2.25. The van der Waals surface area contributed by atoms with Gasteiger partial charge in [0.15, 0.2) is 0 Å². The van der Waals surface area contributed by atoms with Crippen LogP contribution in [0.5, 0.6) is 0 Å². The quantitative estimate of drug-likeness (QED) is 0.761. The Morgan fingerprint density at radius 1 is 0.852 bits per heavy atom. The first-order valence-corrected chi connectivity index (χ1v) is 11.6. The zero-order valence-electron chi connectivity index (χ0n) is 16.0. The van der Waals surface area contributed by atoms with Gasteiger partial charge in [-0.05, 0) is 50.6 Å². The molecule has 6 nitrogen and oxygen atoms in total. The van der Waals surface area contributed by atoms with Gasteiger partial charge in [0.2, 0.25) is 20.0 Å². The molecule has 0 heterocycles. The topological polar surface area (TPSA) is 83.6 Å². The Balaban J connectivity index is 2.28. The second-order valence-electron chi connectivity index (χ2n) is 7.24. The van der Waals surface area contributed by atoms with Crippen molar-refractivity contribution in [3.63, 3.8) is 0 Å². The fraction of sp³-hybridized carbons (Fsp3) is 0.368. The lowest BCUT2D eigenvalue weighted by Gasteiger charge is -2.22. The fourth-order valence-electron chi connectivity index (χ4n) is 2.56. The molecule has 27 heavy (non-hydrogen) atoms. The van der Waals surface area contributed by atoms with Crippen LogP contribution in [0.15, 0.2) is 64.4 Å². The van der Waals surface area contributed by atoms with Crippen LogP contribution >= 0.6 is 0 Å². The summed E-state index contributed by atoms with van der Waals surface area (Å²) in [6, 6.07) is 14.6. The largest absolute Gasteiger partial charge is 0.243 e. The maximum absolute atomic E-state index is 12.9. The van der Waals surface area contributed by atoms with E-state index in [9.17, 15) is 16.8 Å². The molecule has 0 saturated carbocycles. The summed E-state index contributed by atoms with van der Waals surface area (Å²) < 4.78 is 54.5. The SMILES string of the molecule is CCN(Cc1ccccc1)S(=O)(=O)c1ccc(S(=O)(=O)NC(C)(C)C)cc1. The van der Waals surface area contributed by atoms with Crippen molar-refractivity contribution in [2.45, 2.75) is 49.6 Å². The first kappa shape index (κ1) is 21.6. The Hall–Kier alpha value is -1.74. The Kier molecular flexibility index (Phi) is 6.47. The Labute approximate surface area is 162 Å². The van der Waals surface area contributed by atoms with E-state index in [0.29, 0.717) is 6.54 Å². The number of hydrogen-bond acceptors (Lipinski definition) is 4. The molecule has 0 radical (unpaired) electrons. The van der Waals surface area contributed by atoms with Crippen molar-refractivity contribution >= 4 is 20.0 Å². The van der Waals surface area contributed by atoms with Crippen LogP contribution in [0.2, 0.25) is 0 Å². The second kappa shape index (κ2) is 8.10. The maximum Gasteiger partial charge on any atom is 0.243 e. The first-order valence-electron chi connectivity index (χ1n) is 8.64. The molecule has 2 aromatic rings. The Morgan fingerprint density at radius 2 is 1.37 bits per heavy atom. The third-order valence-corrected chi connectivity index (χ3v) is 7.48. The Morgan fingerprint density at radius 3 is 1.85 bits per heavy atom. The summed E-state index contributed by atoms with van der Waals surface area (Å²) in [7, 11) is -7.44. The van der Waals surface area contributed by atoms with Crippen LogP contribution in [-0.2, 0) is 26.6 Å². The molecule has 0 aliphatic heterocycles. The first-order chi connectivity index (χ1) is 12.5. The van der Waals surface area contributed by atoms with Gasteiger partial charge in [0.05, 0.1) is 9.79 Å². The van der Waals surface area contributed by atoms with Crippen molar-refractivity contribution in [2.75, 3.05) is 6.54 Å². The van der Waals surface area contributed by atoms with Crippen LogP contribution < -0.4 is 4.72 Å². The molecular weight excluding hydrogens is 384 g/mol. The van der Waals surface area contributed by atoms with Gasteiger partial charge in [-0.2, -0.15) is 4.31 Å². The average Bonchev–Trinajstić information content (AvgIpc) is 2.58. The standard InChI is InChI=1S/C19H26N2O4S2/c1-5-21(15-16-9-7-6-8-10-16)27(24,25)18-13-11-17(12-14-18)26(22,23)20-19(2,3)4/h6-14,20H,5,15H2,1-4H3. The molecule has 0 unspecified atom stereocenters. The lowest BCUT2D eigenvalue weighted by Crippen LogP contribution is -2.40. The minimum atomic E-state index is -3.73. The number of nitrogens with one attached hydrogen (secondary N) is 1. The van der Waals surface area contributed by atoms with Gasteiger partial charge in [0.1, 0.15) is 0 Å². The molecule has 148 valence electrons. The molecule has 2 rings (SSSR count). The molecule has 1 N–H and O–H groups in total. The van der Waals surface area contributed by atoms with E-state index < -0.39 is 25.6 Å². The average molecular weight is 411 g/mol. The zero-order chi connectivity index (χ0) is 20.3. The zero-order valence-corrected chi connectivity index (χ0v) is 17.6. The van der Waals surface area contributed by atoms with Gasteiger partial charge in [-0.25, -0.2) is 21.6 Å². The van der Waals surface area contributed by atoms with E-state index in [1.165, 1.54) is 28.6 Å². The normalized spacial score (nSPS) is 13.1. The summed E-state index contributed by atoms with van der Waals surface area (Å²) in [6.07, 6.45) is 0. The van der Waals surface area contributed by atoms with Crippen molar-refractivity contribution in [2.24, 2.45) is 0 Å². The lowest BCUT2D eigenvalue weighted by molar-refractivity contribution is 0.423. The van der Waals surface area contributed by atoms with Gasteiger partial charge in [0, 0.05) is 18.6 Å². The highest BCUT2D eigenvalue weighted by molar-refractivity contribution is 7.89. The van der Waals surface area contributed by atoms with Crippen LogP contribution in [0.1, 0.15) is 33.3 Å². The molecule has 0 atom stereocenters. The highest BCUT2D eigenvalue weighted by Crippen LogP contribution is 2.21. The van der Waals surface area contributed by atoms with Crippen molar-refractivity contribution in [3.05, 3.63) is 60.2 Å². The lowest BCUT2D eigenvalue weighted by atomic mass is 10.1. The van der Waals surface area contributed by atoms with Crippen molar-refractivity contribution in [3.8, 4) is 0 Å². The van der Waals surface area contributed by atoms with Gasteiger partial charge in [-0.15, -0.1) is 0 Å². The summed E-state index contributed by atoms with van der Waals surface area (Å²) in [5, 5.41) is 0. The number of hydrogen-bond donors (Lipinski definition) is 1. The summed E-state index contributed by atoms with van der Waals surface area (Å²) in [5.41, 5.74) is 0.259. The van der Waals surface area contributed by atoms with E-state index in [1.807, 2.05) is 30.3 Å². The fourth-order valence-corrected chi connectivity index (χ4v) is 5.41. The molecule has 0 saturated heterocycles. The van der Waals surface area contributed by atoms with Crippen LogP contribution in [0.4, 0.5) is 0 Å². The van der Waals surface area contributed by atoms with Crippen LogP contribution in [0.25, 0.3) is 0 Å². The number of sulfonamides is 2. The summed E-state index contributed by atoms with van der Waals surface area (Å²) >= 11 is 0. The molecule has 0 aliphatic rings. The van der Waals surface area contributed by atoms with E-state index in [-0.39, 0.29) is 16.3 Å². The van der Waals surface area contributed by atoms with E-state index in [2.05, 4.69) is 4.72 Å². The van der Waals surface area contributed by atoms with E-state index in [0.717, 1.165) is 5.56 Å². The monoisotopic (exact) mass is 410 g/mol. The van der Waals surface area contributed by atoms with Gasteiger partial charge in [0.25, 0.3) is 0 Å². The van der Waals surface area contributed by atoms with E-state index in [4.69, 9.17) is 0 Å².